The minimum atomic E-state index is 0.0149. The van der Waals surface area contributed by atoms with Crippen molar-refractivity contribution in [3.05, 3.63) is 204 Å². The SMILES string of the molecule is Cc1cc2c(cc1C)C1(c3cccc(-c4cccc5c(-c6nc(-c7ccccc7)nc(-c7ccccc7)n6)ccc(-c6nc(-c7ccccc7)nc(-c7ccccc7)n6)c45)c3-2)C2CC3CC(C2)CC1C3. The Kier molecular flexibility index (Phi) is 9.42. The van der Waals surface area contributed by atoms with Gasteiger partial charge in [-0.2, -0.15) is 0 Å². The lowest BCUT2D eigenvalue weighted by Gasteiger charge is -2.61. The Bertz CT molecular complexity index is 3540. The molecule has 8 aromatic carbocycles. The molecule has 2 heterocycles. The number of rotatable bonds is 7. The van der Waals surface area contributed by atoms with Crippen molar-refractivity contribution in [2.24, 2.45) is 23.7 Å². The molecule has 4 saturated carbocycles. The molecule has 0 N–H and O–H groups in total. The highest BCUT2D eigenvalue weighted by atomic mass is 15.0. The van der Waals surface area contributed by atoms with E-state index in [1.54, 1.807) is 5.56 Å². The molecule has 4 bridgehead atoms. The molecule has 2 aromatic heterocycles. The van der Waals surface area contributed by atoms with Gasteiger partial charge in [0.15, 0.2) is 34.9 Å². The molecule has 5 aliphatic carbocycles. The van der Waals surface area contributed by atoms with Crippen molar-refractivity contribution < 1.29 is 0 Å². The smallest absolute Gasteiger partial charge is 0.164 e. The number of aromatic nitrogens is 6. The van der Waals surface area contributed by atoms with Crippen molar-refractivity contribution in [1.82, 2.24) is 29.9 Å². The summed E-state index contributed by atoms with van der Waals surface area (Å²) in [6.45, 7) is 4.61. The highest BCUT2D eigenvalue weighted by Crippen LogP contribution is 2.70. The lowest BCUT2D eigenvalue weighted by atomic mass is 9.43. The lowest BCUT2D eigenvalue weighted by molar-refractivity contribution is -0.0399. The van der Waals surface area contributed by atoms with Gasteiger partial charge in [-0.3, -0.25) is 0 Å². The summed E-state index contributed by atoms with van der Waals surface area (Å²) in [7, 11) is 0. The fraction of sp³-hybridized carbons (Fsp3) is 0.188. The quantitative estimate of drug-likeness (QED) is 0.159. The Balaban J connectivity index is 1.07. The lowest BCUT2D eigenvalue weighted by Crippen LogP contribution is -2.55. The average molecular weight is 903 g/mol. The van der Waals surface area contributed by atoms with E-state index in [4.69, 9.17) is 29.9 Å². The van der Waals surface area contributed by atoms with Crippen LogP contribution in [0, 0.1) is 37.5 Å². The summed E-state index contributed by atoms with van der Waals surface area (Å²) in [5, 5.41) is 2.07. The van der Waals surface area contributed by atoms with Gasteiger partial charge in [0.05, 0.1) is 0 Å². The Morgan fingerprint density at radius 2 is 0.771 bits per heavy atom. The zero-order chi connectivity index (χ0) is 46.5. The van der Waals surface area contributed by atoms with Gasteiger partial charge in [-0.1, -0.05) is 170 Å². The first-order valence-corrected chi connectivity index (χ1v) is 25.0. The minimum absolute atomic E-state index is 0.0149. The molecule has 70 heavy (non-hydrogen) atoms. The molecule has 0 atom stereocenters. The summed E-state index contributed by atoms with van der Waals surface area (Å²) < 4.78 is 0. The molecule has 10 aromatic rings. The summed E-state index contributed by atoms with van der Waals surface area (Å²) in [5.74, 6) is 6.73. The van der Waals surface area contributed by atoms with E-state index >= 15 is 0 Å². The van der Waals surface area contributed by atoms with E-state index in [0.29, 0.717) is 46.8 Å². The molecule has 1 spiro atoms. The van der Waals surface area contributed by atoms with E-state index in [1.165, 1.54) is 65.5 Å². The van der Waals surface area contributed by atoms with Crippen LogP contribution < -0.4 is 0 Å². The van der Waals surface area contributed by atoms with E-state index in [2.05, 4.69) is 123 Å². The number of benzene rings is 8. The Labute approximate surface area is 408 Å². The van der Waals surface area contributed by atoms with Crippen molar-refractivity contribution >= 4 is 10.8 Å². The maximum Gasteiger partial charge on any atom is 0.164 e. The first-order valence-electron chi connectivity index (χ1n) is 25.0. The van der Waals surface area contributed by atoms with Gasteiger partial charge in [-0.25, -0.2) is 29.9 Å². The molecule has 0 unspecified atom stereocenters. The highest BCUT2D eigenvalue weighted by molar-refractivity contribution is 6.13. The van der Waals surface area contributed by atoms with Gasteiger partial charge in [0, 0.05) is 44.2 Å². The first-order chi connectivity index (χ1) is 34.5. The van der Waals surface area contributed by atoms with Gasteiger partial charge in [0.1, 0.15) is 0 Å². The van der Waals surface area contributed by atoms with Crippen LogP contribution in [0.3, 0.4) is 0 Å². The Morgan fingerprint density at radius 3 is 1.29 bits per heavy atom. The summed E-state index contributed by atoms with van der Waals surface area (Å²) in [5.41, 5.74) is 16.6. The van der Waals surface area contributed by atoms with Crippen LogP contribution in [0.5, 0.6) is 0 Å². The number of hydrogen-bond acceptors (Lipinski definition) is 6. The van der Waals surface area contributed by atoms with Crippen molar-refractivity contribution in [2.45, 2.75) is 51.4 Å². The normalized spacial score (nSPS) is 20.5. The topological polar surface area (TPSA) is 77.3 Å². The van der Waals surface area contributed by atoms with E-state index in [0.717, 1.165) is 61.6 Å². The molecule has 0 radical (unpaired) electrons. The second-order valence-electron chi connectivity index (χ2n) is 20.3. The Morgan fingerprint density at radius 1 is 0.343 bits per heavy atom. The predicted octanol–water partition coefficient (Wildman–Crippen LogP) is 15.2. The van der Waals surface area contributed by atoms with Gasteiger partial charge in [0.2, 0.25) is 0 Å². The number of aryl methyl sites for hydroxylation is 2. The summed E-state index contributed by atoms with van der Waals surface area (Å²) >= 11 is 0. The van der Waals surface area contributed by atoms with Crippen molar-refractivity contribution in [2.75, 3.05) is 0 Å². The molecule has 6 nitrogen and oxygen atoms in total. The fourth-order valence-electron chi connectivity index (χ4n) is 13.6. The molecule has 0 saturated heterocycles. The van der Waals surface area contributed by atoms with Crippen molar-refractivity contribution in [3.63, 3.8) is 0 Å². The van der Waals surface area contributed by atoms with Crippen LogP contribution in [-0.2, 0) is 5.41 Å². The van der Waals surface area contributed by atoms with E-state index < -0.39 is 0 Å². The molecule has 0 aliphatic heterocycles. The number of hydrogen-bond donors (Lipinski definition) is 0. The zero-order valence-electron chi connectivity index (χ0n) is 39.3. The van der Waals surface area contributed by atoms with Gasteiger partial charge in [-0.05, 0) is 132 Å². The monoisotopic (exact) mass is 902 g/mol. The van der Waals surface area contributed by atoms with Gasteiger partial charge in [0.25, 0.3) is 0 Å². The molecule has 15 rings (SSSR count). The van der Waals surface area contributed by atoms with Crippen LogP contribution in [0.2, 0.25) is 0 Å². The van der Waals surface area contributed by atoms with Crippen LogP contribution in [0.25, 0.3) is 101 Å². The van der Waals surface area contributed by atoms with Crippen molar-refractivity contribution in [3.8, 4) is 90.6 Å². The molecular weight excluding hydrogens is 853 g/mol. The maximum absolute atomic E-state index is 5.38. The third kappa shape index (κ3) is 6.39. The third-order valence-corrected chi connectivity index (χ3v) is 16.5. The van der Waals surface area contributed by atoms with Gasteiger partial charge < -0.3 is 0 Å². The zero-order valence-corrected chi connectivity index (χ0v) is 39.3. The number of fused-ring (bicyclic) bond motifs is 4. The van der Waals surface area contributed by atoms with Gasteiger partial charge in [-0.15, -0.1) is 0 Å². The predicted molar refractivity (Wildman–Crippen MR) is 282 cm³/mol. The fourth-order valence-corrected chi connectivity index (χ4v) is 13.6. The van der Waals surface area contributed by atoms with Gasteiger partial charge >= 0.3 is 0 Å². The Hall–Kier alpha value is -7.96. The van der Waals surface area contributed by atoms with Crippen LogP contribution >= 0.6 is 0 Å². The second kappa shape index (κ2) is 16.1. The largest absolute Gasteiger partial charge is 0.208 e. The van der Waals surface area contributed by atoms with E-state index in [9.17, 15) is 0 Å². The van der Waals surface area contributed by atoms with E-state index in [1.807, 2.05) is 72.8 Å². The molecule has 0 amide bonds. The first kappa shape index (κ1) is 41.1. The molecule has 6 heteroatoms. The van der Waals surface area contributed by atoms with Crippen LogP contribution in [0.1, 0.15) is 54.4 Å². The van der Waals surface area contributed by atoms with Crippen LogP contribution in [-0.4, -0.2) is 29.9 Å². The minimum Gasteiger partial charge on any atom is -0.208 e. The van der Waals surface area contributed by atoms with Crippen molar-refractivity contribution in [1.29, 1.82) is 0 Å². The molecule has 336 valence electrons. The molecule has 5 aliphatic rings. The van der Waals surface area contributed by atoms with Crippen LogP contribution in [0.4, 0.5) is 0 Å². The third-order valence-electron chi connectivity index (χ3n) is 16.5. The van der Waals surface area contributed by atoms with E-state index in [-0.39, 0.29) is 5.41 Å². The average Bonchev–Trinajstić information content (AvgIpc) is 3.69. The molecule has 4 fully saturated rings. The summed E-state index contributed by atoms with van der Waals surface area (Å²) in [4.78, 5) is 31.6. The second-order valence-corrected chi connectivity index (χ2v) is 20.3. The highest BCUT2D eigenvalue weighted by Gasteiger charge is 2.62. The standard InChI is InChI=1S/C64H50N6/c1-38-31-53-55(32-39(38)2)64(46-34-40-33-41(36-46)37-47(64)35-40)54-28-16-27-49(57(53)54)48-25-15-26-50-51(62-67-58(42-17-7-3-8-18-42)65-59(68-62)43-19-9-4-10-20-43)29-30-52(56(48)50)63-69-60(44-21-11-5-12-22-44)66-61(70-63)45-23-13-6-14-24-45/h3-32,40-41,46-47H,33-37H2,1-2H3. The number of nitrogens with zero attached hydrogens (tertiary/aromatic N) is 6. The summed E-state index contributed by atoms with van der Waals surface area (Å²) in [6.07, 6.45) is 6.75. The summed E-state index contributed by atoms with van der Waals surface area (Å²) in [6, 6.07) is 64.4. The molecular formula is C64H50N6. The maximum atomic E-state index is 5.38. The van der Waals surface area contributed by atoms with Crippen LogP contribution in [0.15, 0.2) is 182 Å².